The van der Waals surface area contributed by atoms with Gasteiger partial charge < -0.3 is 15.7 Å². The summed E-state index contributed by atoms with van der Waals surface area (Å²) in [6, 6.07) is 31.5. The fourth-order valence-electron chi connectivity index (χ4n) is 4.55. The van der Waals surface area contributed by atoms with Crippen molar-refractivity contribution < 1.29 is 5.11 Å². The van der Waals surface area contributed by atoms with Gasteiger partial charge in [0.1, 0.15) is 5.66 Å². The van der Waals surface area contributed by atoms with Crippen LogP contribution in [0.5, 0.6) is 0 Å². The number of rotatable bonds is 5. The third kappa shape index (κ3) is 3.95. The van der Waals surface area contributed by atoms with Crippen molar-refractivity contribution in [1.29, 1.82) is 0 Å². The van der Waals surface area contributed by atoms with Gasteiger partial charge in [-0.2, -0.15) is 5.11 Å². The maximum absolute atomic E-state index is 9.82. The van der Waals surface area contributed by atoms with E-state index in [9.17, 15) is 5.11 Å². The Morgan fingerprint density at radius 1 is 0.583 bits per heavy atom. The Bertz CT molecular complexity index is 1630. The second kappa shape index (κ2) is 8.87. The number of benzene rings is 5. The van der Waals surface area contributed by atoms with Crippen LogP contribution in [0.25, 0.3) is 21.5 Å². The van der Waals surface area contributed by atoms with Crippen molar-refractivity contribution in [2.75, 3.05) is 17.2 Å². The summed E-state index contributed by atoms with van der Waals surface area (Å²) in [6.45, 7) is 1.88. The minimum atomic E-state index is -0.622. The lowest BCUT2D eigenvalue weighted by Gasteiger charge is -2.37. The number of nitrogens with one attached hydrogen (secondary N) is 2. The molecule has 7 nitrogen and oxygen atoms in total. The van der Waals surface area contributed by atoms with Crippen molar-refractivity contribution in [1.82, 2.24) is 0 Å². The second-order valence-corrected chi connectivity index (χ2v) is 8.99. The van der Waals surface area contributed by atoms with Crippen LogP contribution in [0.1, 0.15) is 6.92 Å². The minimum Gasteiger partial charge on any atom is -0.392 e. The monoisotopic (exact) mass is 472 g/mol. The average molecular weight is 473 g/mol. The molecule has 0 radical (unpaired) electrons. The molecule has 7 heteroatoms. The molecule has 36 heavy (non-hydrogen) atoms. The van der Waals surface area contributed by atoms with Gasteiger partial charge in [-0.05, 0) is 49.4 Å². The topological polar surface area (TPSA) is 93.7 Å². The van der Waals surface area contributed by atoms with E-state index in [4.69, 9.17) is 0 Å². The first-order valence-electron chi connectivity index (χ1n) is 11.8. The molecule has 1 atom stereocenters. The number of fused-ring (bicyclic) bond motifs is 1. The van der Waals surface area contributed by atoms with Gasteiger partial charge in [0.2, 0.25) is 0 Å². The number of aliphatic hydroxyl groups excluding tert-OH is 1. The molecule has 6 rings (SSSR count). The molecule has 5 aromatic carbocycles. The molecule has 1 heterocycles. The Hall–Kier alpha value is -4.62. The van der Waals surface area contributed by atoms with E-state index < -0.39 is 5.66 Å². The van der Waals surface area contributed by atoms with Crippen molar-refractivity contribution >= 4 is 55.7 Å². The molecule has 5 aromatic rings. The predicted octanol–water partition coefficient (Wildman–Crippen LogP) is 8.37. The molecule has 1 aliphatic heterocycles. The molecule has 3 N–H and O–H groups in total. The zero-order valence-electron chi connectivity index (χ0n) is 19.7. The molecule has 0 aromatic heterocycles. The summed E-state index contributed by atoms with van der Waals surface area (Å²) in [6.07, 6.45) is 0. The van der Waals surface area contributed by atoms with Crippen LogP contribution in [0, 0.1) is 0 Å². The van der Waals surface area contributed by atoms with E-state index in [1.54, 1.807) is 0 Å². The molecule has 0 spiro atoms. The highest BCUT2D eigenvalue weighted by atomic mass is 16.3. The van der Waals surface area contributed by atoms with Crippen molar-refractivity contribution in [2.45, 2.75) is 12.6 Å². The predicted molar refractivity (Wildman–Crippen MR) is 145 cm³/mol. The fraction of sp³-hybridized carbons (Fsp3) is 0.103. The molecule has 0 aliphatic carbocycles. The highest BCUT2D eigenvalue weighted by Gasteiger charge is 2.29. The molecule has 0 saturated carbocycles. The largest absolute Gasteiger partial charge is 0.392 e. The van der Waals surface area contributed by atoms with Crippen LogP contribution in [-0.4, -0.2) is 17.4 Å². The number of azo groups is 2. The highest BCUT2D eigenvalue weighted by molar-refractivity contribution is 6.09. The summed E-state index contributed by atoms with van der Waals surface area (Å²) in [7, 11) is 0. The molecule has 0 saturated heterocycles. The van der Waals surface area contributed by atoms with Crippen LogP contribution in [0.2, 0.25) is 0 Å². The molecule has 0 fully saturated rings. The van der Waals surface area contributed by atoms with E-state index in [1.807, 2.05) is 104 Å². The molecular formula is C29H24N6O. The van der Waals surface area contributed by atoms with Gasteiger partial charge in [-0.15, -0.1) is 15.3 Å². The maximum atomic E-state index is 9.82. The molecule has 1 aliphatic rings. The zero-order valence-corrected chi connectivity index (χ0v) is 19.7. The van der Waals surface area contributed by atoms with E-state index in [1.165, 1.54) is 0 Å². The van der Waals surface area contributed by atoms with Gasteiger partial charge in [0.25, 0.3) is 0 Å². The Labute approximate surface area is 208 Å². The van der Waals surface area contributed by atoms with Gasteiger partial charge in [-0.25, -0.2) is 0 Å². The Morgan fingerprint density at radius 3 is 1.78 bits per heavy atom. The van der Waals surface area contributed by atoms with Gasteiger partial charge in [0.15, 0.2) is 0 Å². The number of hydrogen-bond acceptors (Lipinski definition) is 7. The third-order valence-electron chi connectivity index (χ3n) is 6.33. The summed E-state index contributed by atoms with van der Waals surface area (Å²) in [5, 5.41) is 38.7. The highest BCUT2D eigenvalue weighted by Crippen LogP contribution is 2.42. The number of nitrogens with zero attached hydrogens (tertiary/aromatic N) is 4. The quantitative estimate of drug-likeness (QED) is 0.224. The third-order valence-corrected chi connectivity index (χ3v) is 6.33. The van der Waals surface area contributed by atoms with Gasteiger partial charge in [0.05, 0.1) is 29.4 Å². The summed E-state index contributed by atoms with van der Waals surface area (Å²) < 4.78 is 0. The summed E-state index contributed by atoms with van der Waals surface area (Å²) in [4.78, 5) is 0. The van der Waals surface area contributed by atoms with Crippen molar-refractivity contribution in [3.63, 3.8) is 0 Å². The van der Waals surface area contributed by atoms with E-state index in [-0.39, 0.29) is 6.61 Å². The van der Waals surface area contributed by atoms with Gasteiger partial charge >= 0.3 is 0 Å². The van der Waals surface area contributed by atoms with Crippen molar-refractivity contribution in [3.8, 4) is 0 Å². The summed E-state index contributed by atoms with van der Waals surface area (Å²) in [5.41, 5.74) is 4.39. The first-order chi connectivity index (χ1) is 17.6. The minimum absolute atomic E-state index is 0.0434. The lowest BCUT2D eigenvalue weighted by atomic mass is 9.99. The summed E-state index contributed by atoms with van der Waals surface area (Å²) >= 11 is 0. The normalized spacial score (nSPS) is 17.1. The average Bonchev–Trinajstić information content (AvgIpc) is 2.92. The molecule has 176 valence electrons. The molecule has 0 amide bonds. The van der Waals surface area contributed by atoms with Crippen LogP contribution >= 0.6 is 0 Å². The molecule has 0 bridgehead atoms. The SMILES string of the molecule is CC1(CO)Nc2cccc3c(/N=N/c4ccc(/N=N/c5ccccc5)c5ccccc45)ccc(c23)N1. The number of aliphatic hydroxyl groups is 1. The first kappa shape index (κ1) is 21.9. The first-order valence-corrected chi connectivity index (χ1v) is 11.8. The zero-order chi connectivity index (χ0) is 24.5. The van der Waals surface area contributed by atoms with Crippen LogP contribution in [0.15, 0.2) is 118 Å². The lowest BCUT2D eigenvalue weighted by molar-refractivity contribution is 0.238. The molecule has 1 unspecified atom stereocenters. The fourth-order valence-corrected chi connectivity index (χ4v) is 4.55. The van der Waals surface area contributed by atoms with Gasteiger partial charge in [0, 0.05) is 32.9 Å². The van der Waals surface area contributed by atoms with Gasteiger partial charge in [-0.3, -0.25) is 0 Å². The van der Waals surface area contributed by atoms with E-state index >= 15 is 0 Å². The van der Waals surface area contributed by atoms with E-state index in [2.05, 4.69) is 31.1 Å². The molecular weight excluding hydrogens is 448 g/mol. The smallest absolute Gasteiger partial charge is 0.129 e. The van der Waals surface area contributed by atoms with Crippen LogP contribution in [0.4, 0.5) is 34.1 Å². The van der Waals surface area contributed by atoms with Gasteiger partial charge in [-0.1, -0.05) is 54.6 Å². The Balaban J connectivity index is 1.38. The lowest BCUT2D eigenvalue weighted by Crippen LogP contribution is -2.48. The van der Waals surface area contributed by atoms with Crippen LogP contribution < -0.4 is 10.6 Å². The number of hydrogen-bond donors (Lipinski definition) is 3. The maximum Gasteiger partial charge on any atom is 0.129 e. The van der Waals surface area contributed by atoms with Crippen molar-refractivity contribution in [3.05, 3.63) is 97.1 Å². The number of anilines is 2. The summed E-state index contributed by atoms with van der Waals surface area (Å²) in [5.74, 6) is 0. The van der Waals surface area contributed by atoms with E-state index in [0.29, 0.717) is 0 Å². The van der Waals surface area contributed by atoms with Crippen LogP contribution in [0.3, 0.4) is 0 Å². The van der Waals surface area contributed by atoms with E-state index in [0.717, 1.165) is 55.7 Å². The van der Waals surface area contributed by atoms with Crippen molar-refractivity contribution in [2.24, 2.45) is 20.5 Å². The standard InChI is InChI=1S/C29H24N6O/c1-29(18-36)30-26-13-7-12-22-25(16-17-27(31-29)28(22)26)35-34-24-15-14-23(20-10-5-6-11-21(20)24)33-32-19-8-3-2-4-9-19/h2-17,30-31,36H,18H2,1H3/b33-32+,35-34+. The Kier molecular flexibility index (Phi) is 5.39. The Morgan fingerprint density at radius 2 is 1.11 bits per heavy atom. The van der Waals surface area contributed by atoms with Crippen LogP contribution in [-0.2, 0) is 0 Å². The second-order valence-electron chi connectivity index (χ2n) is 8.99.